The normalized spacial score (nSPS) is 10.6. The van der Waals surface area contributed by atoms with Gasteiger partial charge in [0, 0.05) is 12.1 Å². The summed E-state index contributed by atoms with van der Waals surface area (Å²) in [5, 5.41) is 7.73. The molecule has 5 heteroatoms. The number of hydrogen-bond acceptors (Lipinski definition) is 3. The van der Waals surface area contributed by atoms with E-state index in [0.717, 1.165) is 28.1 Å². The lowest BCUT2D eigenvalue weighted by Gasteiger charge is -2.09. The third-order valence-corrected chi connectivity index (χ3v) is 4.88. The molecule has 4 rings (SSSR count). The van der Waals surface area contributed by atoms with E-state index >= 15 is 0 Å². The van der Waals surface area contributed by atoms with Gasteiger partial charge in [0.2, 0.25) is 0 Å². The molecule has 0 aliphatic heterocycles. The second-order valence-electron chi connectivity index (χ2n) is 7.06. The topological polar surface area (TPSA) is 56.1 Å². The predicted molar refractivity (Wildman–Crippen MR) is 118 cm³/mol. The molecule has 1 heterocycles. The molecule has 0 fully saturated rings. The van der Waals surface area contributed by atoms with Gasteiger partial charge >= 0.3 is 0 Å². The molecule has 0 saturated carbocycles. The number of methoxy groups -OCH3 is 1. The number of rotatable bonds is 6. The number of carbonyl (C=O) groups excluding carboxylic acids is 1. The molecular formula is C25H23N3O2. The first-order valence-electron chi connectivity index (χ1n) is 9.78. The van der Waals surface area contributed by atoms with Crippen molar-refractivity contribution in [3.05, 3.63) is 102 Å². The maximum atomic E-state index is 13.1. The number of aromatic nitrogens is 2. The largest absolute Gasteiger partial charge is 0.497 e. The van der Waals surface area contributed by atoms with Crippen molar-refractivity contribution in [1.82, 2.24) is 15.1 Å². The van der Waals surface area contributed by atoms with Gasteiger partial charge in [-0.25, -0.2) is 4.68 Å². The summed E-state index contributed by atoms with van der Waals surface area (Å²) < 4.78 is 7.02. The lowest BCUT2D eigenvalue weighted by atomic mass is 10.1. The molecule has 5 nitrogen and oxygen atoms in total. The molecule has 0 aliphatic rings. The van der Waals surface area contributed by atoms with E-state index in [4.69, 9.17) is 9.84 Å². The van der Waals surface area contributed by atoms with Gasteiger partial charge in [-0.05, 0) is 42.8 Å². The molecule has 150 valence electrons. The molecule has 3 aromatic carbocycles. The summed E-state index contributed by atoms with van der Waals surface area (Å²) in [5.74, 6) is 0.563. The number of benzene rings is 3. The maximum Gasteiger partial charge on any atom is 0.270 e. The van der Waals surface area contributed by atoms with Gasteiger partial charge in [-0.15, -0.1) is 0 Å². The predicted octanol–water partition coefficient (Wildman–Crippen LogP) is 4.79. The van der Waals surface area contributed by atoms with Crippen LogP contribution in [-0.4, -0.2) is 22.8 Å². The first-order valence-corrected chi connectivity index (χ1v) is 9.78. The number of hydrogen-bond donors (Lipinski definition) is 1. The van der Waals surface area contributed by atoms with Crippen LogP contribution in [0.4, 0.5) is 0 Å². The van der Waals surface area contributed by atoms with Gasteiger partial charge in [-0.3, -0.25) is 4.79 Å². The van der Waals surface area contributed by atoms with E-state index in [2.05, 4.69) is 5.32 Å². The Bertz CT molecular complexity index is 1150. The van der Waals surface area contributed by atoms with Crippen molar-refractivity contribution in [1.29, 1.82) is 0 Å². The highest BCUT2D eigenvalue weighted by Crippen LogP contribution is 2.25. The Balaban J connectivity index is 1.70. The Morgan fingerprint density at radius 1 is 0.967 bits per heavy atom. The van der Waals surface area contributed by atoms with Crippen molar-refractivity contribution in [3.63, 3.8) is 0 Å². The van der Waals surface area contributed by atoms with Gasteiger partial charge in [0.25, 0.3) is 5.91 Å². The van der Waals surface area contributed by atoms with Gasteiger partial charge in [0.15, 0.2) is 0 Å². The SMILES string of the molecule is COc1cccc(-c2cc(C(=O)NCc3ccccc3)n(-c3ccc(C)cc3)n2)c1. The van der Waals surface area contributed by atoms with Crippen LogP contribution in [0.2, 0.25) is 0 Å². The summed E-state index contributed by atoms with van der Waals surface area (Å²) >= 11 is 0. The number of amides is 1. The second kappa shape index (κ2) is 8.66. The van der Waals surface area contributed by atoms with Gasteiger partial charge in [0.1, 0.15) is 11.4 Å². The zero-order valence-corrected chi connectivity index (χ0v) is 17.0. The van der Waals surface area contributed by atoms with Crippen molar-refractivity contribution in [2.45, 2.75) is 13.5 Å². The average molecular weight is 397 g/mol. The smallest absolute Gasteiger partial charge is 0.270 e. The highest BCUT2D eigenvalue weighted by Gasteiger charge is 2.18. The van der Waals surface area contributed by atoms with Crippen molar-refractivity contribution >= 4 is 5.91 Å². The first kappa shape index (κ1) is 19.5. The third kappa shape index (κ3) is 4.25. The summed E-state index contributed by atoms with van der Waals surface area (Å²) in [6.45, 7) is 2.48. The molecule has 0 radical (unpaired) electrons. The van der Waals surface area contributed by atoms with Crippen LogP contribution >= 0.6 is 0 Å². The van der Waals surface area contributed by atoms with E-state index in [1.807, 2.05) is 91.9 Å². The summed E-state index contributed by atoms with van der Waals surface area (Å²) in [4.78, 5) is 13.1. The molecule has 0 spiro atoms. The molecule has 4 aromatic rings. The van der Waals surface area contributed by atoms with Crippen LogP contribution in [-0.2, 0) is 6.54 Å². The number of nitrogens with one attached hydrogen (secondary N) is 1. The fraction of sp³-hybridized carbons (Fsp3) is 0.120. The highest BCUT2D eigenvalue weighted by molar-refractivity contribution is 5.94. The summed E-state index contributed by atoms with van der Waals surface area (Å²) in [6, 6.07) is 27.3. The summed E-state index contributed by atoms with van der Waals surface area (Å²) in [6.07, 6.45) is 0. The van der Waals surface area contributed by atoms with Crippen molar-refractivity contribution < 1.29 is 9.53 Å². The van der Waals surface area contributed by atoms with Crippen LogP contribution in [0.5, 0.6) is 5.75 Å². The van der Waals surface area contributed by atoms with Crippen LogP contribution in [0.1, 0.15) is 21.6 Å². The van der Waals surface area contributed by atoms with Crippen LogP contribution in [0.3, 0.4) is 0 Å². The molecule has 1 aromatic heterocycles. The molecular weight excluding hydrogens is 374 g/mol. The Kier molecular flexibility index (Phi) is 5.61. The van der Waals surface area contributed by atoms with Gasteiger partial charge < -0.3 is 10.1 Å². The Morgan fingerprint density at radius 3 is 2.47 bits per heavy atom. The fourth-order valence-electron chi connectivity index (χ4n) is 3.22. The molecule has 0 unspecified atom stereocenters. The lowest BCUT2D eigenvalue weighted by molar-refractivity contribution is 0.0943. The molecule has 0 atom stereocenters. The third-order valence-electron chi connectivity index (χ3n) is 4.88. The van der Waals surface area contributed by atoms with Crippen molar-refractivity contribution in [2.75, 3.05) is 7.11 Å². The van der Waals surface area contributed by atoms with Crippen molar-refractivity contribution in [2.24, 2.45) is 0 Å². The van der Waals surface area contributed by atoms with E-state index in [9.17, 15) is 4.79 Å². The maximum absolute atomic E-state index is 13.1. The van der Waals surface area contributed by atoms with Crippen molar-refractivity contribution in [3.8, 4) is 22.7 Å². The Morgan fingerprint density at radius 2 is 1.73 bits per heavy atom. The van der Waals surface area contributed by atoms with Gasteiger partial charge in [0.05, 0.1) is 18.5 Å². The summed E-state index contributed by atoms with van der Waals surface area (Å²) in [5.41, 5.74) is 5.10. The molecule has 1 N–H and O–H groups in total. The Hall–Kier alpha value is -3.86. The molecule has 0 aliphatic carbocycles. The second-order valence-corrected chi connectivity index (χ2v) is 7.06. The fourth-order valence-corrected chi connectivity index (χ4v) is 3.22. The van der Waals surface area contributed by atoms with E-state index in [0.29, 0.717) is 17.9 Å². The lowest BCUT2D eigenvalue weighted by Crippen LogP contribution is -2.25. The first-order chi connectivity index (χ1) is 14.6. The van der Waals surface area contributed by atoms with Gasteiger partial charge in [-0.2, -0.15) is 5.10 Å². The average Bonchev–Trinajstić information content (AvgIpc) is 3.24. The van der Waals surface area contributed by atoms with Crippen LogP contribution < -0.4 is 10.1 Å². The van der Waals surface area contributed by atoms with E-state index in [-0.39, 0.29) is 5.91 Å². The minimum absolute atomic E-state index is 0.180. The van der Waals surface area contributed by atoms with E-state index < -0.39 is 0 Å². The minimum atomic E-state index is -0.180. The molecule has 1 amide bonds. The number of ether oxygens (including phenoxy) is 1. The van der Waals surface area contributed by atoms with Gasteiger partial charge in [-0.1, -0.05) is 60.2 Å². The number of nitrogens with zero attached hydrogens (tertiary/aromatic N) is 2. The molecule has 0 bridgehead atoms. The van der Waals surface area contributed by atoms with Crippen LogP contribution in [0.25, 0.3) is 16.9 Å². The number of aryl methyl sites for hydroxylation is 1. The number of carbonyl (C=O) groups is 1. The monoisotopic (exact) mass is 397 g/mol. The standard InChI is InChI=1S/C25H23N3O2/c1-18-11-13-21(14-12-18)28-24(25(29)26-17-19-7-4-3-5-8-19)16-23(27-28)20-9-6-10-22(15-20)30-2/h3-16H,17H2,1-2H3,(H,26,29). The van der Waals surface area contributed by atoms with Crippen LogP contribution in [0.15, 0.2) is 84.9 Å². The molecule has 0 saturated heterocycles. The molecule has 30 heavy (non-hydrogen) atoms. The summed E-state index contributed by atoms with van der Waals surface area (Å²) in [7, 11) is 1.63. The zero-order valence-electron chi connectivity index (χ0n) is 17.0. The Labute approximate surface area is 175 Å². The minimum Gasteiger partial charge on any atom is -0.497 e. The highest BCUT2D eigenvalue weighted by atomic mass is 16.5. The van der Waals surface area contributed by atoms with E-state index in [1.54, 1.807) is 11.8 Å². The quantitative estimate of drug-likeness (QED) is 0.509. The zero-order chi connectivity index (χ0) is 20.9. The van der Waals surface area contributed by atoms with Crippen LogP contribution in [0, 0.1) is 6.92 Å². The van der Waals surface area contributed by atoms with E-state index in [1.165, 1.54) is 0 Å².